The third-order valence-corrected chi connectivity index (χ3v) is 3.70. The monoisotopic (exact) mass is 264 g/mol. The Balaban J connectivity index is 2.50. The molecule has 19 heavy (non-hydrogen) atoms. The molecule has 1 amide bonds. The number of rotatable bonds is 0. The first-order chi connectivity index (χ1) is 8.62. The molecule has 2 heterocycles. The summed E-state index contributed by atoms with van der Waals surface area (Å²) in [6.45, 7) is 13.2. The van der Waals surface area contributed by atoms with E-state index >= 15 is 0 Å². The fourth-order valence-electron chi connectivity index (χ4n) is 2.74. The van der Waals surface area contributed by atoms with Gasteiger partial charge in [0.2, 0.25) is 5.91 Å². The summed E-state index contributed by atoms with van der Waals surface area (Å²) in [5.41, 5.74) is 0.477. The first-order valence-corrected chi connectivity index (χ1v) is 6.86. The molecule has 4 nitrogen and oxygen atoms in total. The number of fused-ring (bicyclic) bond motifs is 1. The van der Waals surface area contributed by atoms with Crippen molar-refractivity contribution in [2.45, 2.75) is 59.4 Å². The van der Waals surface area contributed by atoms with Crippen molar-refractivity contribution in [2.24, 2.45) is 5.41 Å². The Hall–Kier alpha value is -1.32. The molecule has 0 saturated carbocycles. The highest BCUT2D eigenvalue weighted by Gasteiger charge is 2.43. The number of aromatic nitrogens is 1. The molecule has 1 aromatic rings. The molecule has 0 saturated heterocycles. The number of carbonyl (C=O) groups excluding carboxylic acids is 1. The Bertz CT molecular complexity index is 477. The SMILES string of the molecule is CC(C)(C)C1C(=O)N(C(C)(C)C)CCc2ocnc21. The van der Waals surface area contributed by atoms with E-state index in [2.05, 4.69) is 46.5 Å². The van der Waals surface area contributed by atoms with Crippen LogP contribution in [-0.2, 0) is 11.2 Å². The number of oxazole rings is 1. The zero-order valence-electron chi connectivity index (χ0n) is 12.8. The minimum atomic E-state index is -0.233. The van der Waals surface area contributed by atoms with Crippen LogP contribution < -0.4 is 0 Å². The molecule has 1 aliphatic rings. The Morgan fingerprint density at radius 2 is 1.89 bits per heavy atom. The van der Waals surface area contributed by atoms with Crippen molar-refractivity contribution in [1.82, 2.24) is 9.88 Å². The molecule has 1 aliphatic heterocycles. The summed E-state index contributed by atoms with van der Waals surface area (Å²) in [6.07, 6.45) is 2.20. The number of amides is 1. The number of nitrogens with zero attached hydrogens (tertiary/aromatic N) is 2. The number of hydrogen-bond donors (Lipinski definition) is 0. The van der Waals surface area contributed by atoms with Gasteiger partial charge in [0.15, 0.2) is 6.39 Å². The van der Waals surface area contributed by atoms with Gasteiger partial charge >= 0.3 is 0 Å². The Labute approximate surface area is 115 Å². The van der Waals surface area contributed by atoms with Gasteiger partial charge in [0.05, 0.1) is 11.6 Å². The maximum absolute atomic E-state index is 12.9. The molecule has 0 fully saturated rings. The zero-order valence-corrected chi connectivity index (χ0v) is 12.8. The summed E-state index contributed by atoms with van der Waals surface area (Å²) in [5, 5.41) is 0. The standard InChI is InChI=1S/C15H24N2O2/c1-14(2,3)11-12-10(19-9-16-12)7-8-17(13(11)18)15(4,5)6/h9,11H,7-8H2,1-6H3. The molecule has 0 radical (unpaired) electrons. The fraction of sp³-hybridized carbons (Fsp3) is 0.733. The quantitative estimate of drug-likeness (QED) is 0.723. The van der Waals surface area contributed by atoms with Crippen LogP contribution in [0.5, 0.6) is 0 Å². The van der Waals surface area contributed by atoms with Crippen molar-refractivity contribution in [3.63, 3.8) is 0 Å². The van der Waals surface area contributed by atoms with Crippen LogP contribution in [0.4, 0.5) is 0 Å². The highest BCUT2D eigenvalue weighted by Crippen LogP contribution is 2.40. The topological polar surface area (TPSA) is 46.3 Å². The van der Waals surface area contributed by atoms with E-state index in [0.717, 1.165) is 17.9 Å². The summed E-state index contributed by atoms with van der Waals surface area (Å²) >= 11 is 0. The van der Waals surface area contributed by atoms with Gasteiger partial charge in [-0.15, -0.1) is 0 Å². The smallest absolute Gasteiger partial charge is 0.232 e. The molecule has 0 aliphatic carbocycles. The Kier molecular flexibility index (Phi) is 3.23. The van der Waals surface area contributed by atoms with Crippen LogP contribution in [-0.4, -0.2) is 27.9 Å². The molecule has 106 valence electrons. The van der Waals surface area contributed by atoms with Gasteiger partial charge in [0, 0.05) is 18.5 Å². The molecule has 4 heteroatoms. The summed E-state index contributed by atoms with van der Waals surface area (Å²) in [4.78, 5) is 19.2. The van der Waals surface area contributed by atoms with Crippen LogP contribution in [0, 0.1) is 5.41 Å². The fourth-order valence-corrected chi connectivity index (χ4v) is 2.74. The lowest BCUT2D eigenvalue weighted by Crippen LogP contribution is -2.49. The van der Waals surface area contributed by atoms with E-state index in [9.17, 15) is 4.79 Å². The van der Waals surface area contributed by atoms with E-state index in [1.165, 1.54) is 6.39 Å². The lowest BCUT2D eigenvalue weighted by atomic mass is 9.77. The van der Waals surface area contributed by atoms with Gasteiger partial charge < -0.3 is 9.32 Å². The van der Waals surface area contributed by atoms with Crippen molar-refractivity contribution in [1.29, 1.82) is 0 Å². The molecule has 0 spiro atoms. The van der Waals surface area contributed by atoms with Crippen LogP contribution >= 0.6 is 0 Å². The van der Waals surface area contributed by atoms with Gasteiger partial charge in [-0.05, 0) is 26.2 Å². The maximum atomic E-state index is 12.9. The highest BCUT2D eigenvalue weighted by atomic mass is 16.3. The molecule has 1 unspecified atom stereocenters. The summed E-state index contributed by atoms with van der Waals surface area (Å²) in [6, 6.07) is 0. The van der Waals surface area contributed by atoms with Crippen LogP contribution in [0.3, 0.4) is 0 Å². The second kappa shape index (κ2) is 4.36. The molecule has 0 bridgehead atoms. The third-order valence-electron chi connectivity index (χ3n) is 3.70. The van der Waals surface area contributed by atoms with Crippen molar-refractivity contribution < 1.29 is 9.21 Å². The van der Waals surface area contributed by atoms with Crippen LogP contribution in [0.1, 0.15) is 58.9 Å². The second-order valence-corrected chi connectivity index (χ2v) is 7.37. The van der Waals surface area contributed by atoms with E-state index < -0.39 is 0 Å². The second-order valence-electron chi connectivity index (χ2n) is 7.37. The molecule has 2 rings (SSSR count). The van der Waals surface area contributed by atoms with Gasteiger partial charge in [-0.2, -0.15) is 0 Å². The minimum Gasteiger partial charge on any atom is -0.448 e. The van der Waals surface area contributed by atoms with Gasteiger partial charge in [-0.25, -0.2) is 4.98 Å². The van der Waals surface area contributed by atoms with E-state index in [-0.39, 0.29) is 22.8 Å². The first-order valence-electron chi connectivity index (χ1n) is 6.86. The Morgan fingerprint density at radius 3 is 2.42 bits per heavy atom. The molecule has 1 aromatic heterocycles. The lowest BCUT2D eigenvalue weighted by molar-refractivity contribution is -0.139. The van der Waals surface area contributed by atoms with Gasteiger partial charge in [-0.3, -0.25) is 4.79 Å². The van der Waals surface area contributed by atoms with Gasteiger partial charge in [0.25, 0.3) is 0 Å². The number of hydrogen-bond acceptors (Lipinski definition) is 3. The van der Waals surface area contributed by atoms with E-state index in [1.807, 2.05) is 4.90 Å². The molecular formula is C15H24N2O2. The normalized spacial score (nSPS) is 21.3. The third kappa shape index (κ3) is 2.53. The highest BCUT2D eigenvalue weighted by molar-refractivity contribution is 5.85. The predicted octanol–water partition coefficient (Wildman–Crippen LogP) is 2.99. The van der Waals surface area contributed by atoms with Crippen LogP contribution in [0.25, 0.3) is 0 Å². The summed E-state index contributed by atoms with van der Waals surface area (Å²) in [7, 11) is 0. The van der Waals surface area contributed by atoms with E-state index in [4.69, 9.17) is 4.42 Å². The van der Waals surface area contributed by atoms with Crippen molar-refractivity contribution in [3.05, 3.63) is 17.8 Å². The number of carbonyl (C=O) groups is 1. The maximum Gasteiger partial charge on any atom is 0.232 e. The predicted molar refractivity (Wildman–Crippen MR) is 73.9 cm³/mol. The zero-order chi connectivity index (χ0) is 14.4. The largest absolute Gasteiger partial charge is 0.448 e. The van der Waals surface area contributed by atoms with Crippen molar-refractivity contribution in [2.75, 3.05) is 6.54 Å². The Morgan fingerprint density at radius 1 is 1.26 bits per heavy atom. The minimum absolute atomic E-state index is 0.160. The molecule has 1 atom stereocenters. The van der Waals surface area contributed by atoms with Crippen LogP contribution in [0.2, 0.25) is 0 Å². The van der Waals surface area contributed by atoms with Gasteiger partial charge in [0.1, 0.15) is 5.76 Å². The molecule has 0 N–H and O–H groups in total. The first kappa shape index (κ1) is 14.1. The summed E-state index contributed by atoms with van der Waals surface area (Å²) in [5.74, 6) is 0.788. The van der Waals surface area contributed by atoms with Crippen molar-refractivity contribution >= 4 is 5.91 Å². The van der Waals surface area contributed by atoms with Crippen molar-refractivity contribution in [3.8, 4) is 0 Å². The summed E-state index contributed by atoms with van der Waals surface area (Å²) < 4.78 is 5.48. The molecular weight excluding hydrogens is 240 g/mol. The van der Waals surface area contributed by atoms with E-state index in [0.29, 0.717) is 6.54 Å². The van der Waals surface area contributed by atoms with E-state index in [1.54, 1.807) is 0 Å². The lowest BCUT2D eigenvalue weighted by Gasteiger charge is -2.39. The van der Waals surface area contributed by atoms with Gasteiger partial charge in [-0.1, -0.05) is 20.8 Å². The average Bonchev–Trinajstić information content (AvgIpc) is 2.57. The molecule has 0 aromatic carbocycles. The van der Waals surface area contributed by atoms with Crippen LogP contribution in [0.15, 0.2) is 10.8 Å². The average molecular weight is 264 g/mol.